The highest BCUT2D eigenvalue weighted by Crippen LogP contribution is 2.36. The predicted molar refractivity (Wildman–Crippen MR) is 113 cm³/mol. The Morgan fingerprint density at radius 3 is 2.31 bits per heavy atom. The van der Waals surface area contributed by atoms with Crippen LogP contribution < -0.4 is 14.8 Å². The standard InChI is InChI=1S/C24H30N2O3/c1-28-21-12-17(13-22(14-21)29-2)15-26-16-19(24(27)25-20-9-10-20)8-11-23(26)18-6-4-3-5-7-18/h3-7,12-14,19-20,23H,8-11,15-16H2,1-2H3,(H,25,27). The minimum atomic E-state index is 0.0445. The Labute approximate surface area is 173 Å². The van der Waals surface area contributed by atoms with Gasteiger partial charge in [-0.25, -0.2) is 0 Å². The Balaban J connectivity index is 1.56. The zero-order valence-corrected chi connectivity index (χ0v) is 17.3. The average Bonchev–Trinajstić information content (AvgIpc) is 3.58. The van der Waals surface area contributed by atoms with Crippen LogP contribution in [0.2, 0.25) is 0 Å². The molecule has 2 atom stereocenters. The van der Waals surface area contributed by atoms with E-state index in [9.17, 15) is 4.79 Å². The maximum Gasteiger partial charge on any atom is 0.224 e. The lowest BCUT2D eigenvalue weighted by molar-refractivity contribution is -0.127. The second kappa shape index (κ2) is 8.87. The van der Waals surface area contributed by atoms with Gasteiger partial charge in [0.1, 0.15) is 11.5 Å². The monoisotopic (exact) mass is 394 g/mol. The first-order chi connectivity index (χ1) is 14.2. The molecular weight excluding hydrogens is 364 g/mol. The molecule has 4 rings (SSSR count). The number of piperidine rings is 1. The van der Waals surface area contributed by atoms with Crippen LogP contribution in [0.4, 0.5) is 0 Å². The van der Waals surface area contributed by atoms with Gasteiger partial charge in [0.15, 0.2) is 0 Å². The lowest BCUT2D eigenvalue weighted by atomic mass is 9.88. The molecular formula is C24H30N2O3. The average molecular weight is 395 g/mol. The molecule has 1 saturated heterocycles. The van der Waals surface area contributed by atoms with Gasteiger partial charge in [0.05, 0.1) is 20.1 Å². The van der Waals surface area contributed by atoms with Crippen LogP contribution in [0.1, 0.15) is 42.9 Å². The lowest BCUT2D eigenvalue weighted by Crippen LogP contribution is -2.44. The number of nitrogens with one attached hydrogen (secondary N) is 1. The van der Waals surface area contributed by atoms with Gasteiger partial charge in [-0.15, -0.1) is 0 Å². The Kier molecular flexibility index (Phi) is 6.05. The number of amides is 1. The Morgan fingerprint density at radius 2 is 1.69 bits per heavy atom. The molecule has 0 radical (unpaired) electrons. The van der Waals surface area contributed by atoms with Crippen molar-refractivity contribution in [1.82, 2.24) is 10.2 Å². The van der Waals surface area contributed by atoms with Gasteiger partial charge >= 0.3 is 0 Å². The highest BCUT2D eigenvalue weighted by atomic mass is 16.5. The molecule has 1 N–H and O–H groups in total. The second-order valence-corrected chi connectivity index (χ2v) is 8.13. The van der Waals surface area contributed by atoms with Crippen LogP contribution in [0.25, 0.3) is 0 Å². The number of carbonyl (C=O) groups is 1. The minimum Gasteiger partial charge on any atom is -0.497 e. The Morgan fingerprint density at radius 1 is 1.00 bits per heavy atom. The number of benzene rings is 2. The summed E-state index contributed by atoms with van der Waals surface area (Å²) in [6.07, 6.45) is 4.15. The summed E-state index contributed by atoms with van der Waals surface area (Å²) in [7, 11) is 3.34. The van der Waals surface area contributed by atoms with Crippen molar-refractivity contribution >= 4 is 5.91 Å². The summed E-state index contributed by atoms with van der Waals surface area (Å²) < 4.78 is 10.9. The Bertz CT molecular complexity index is 813. The van der Waals surface area contributed by atoms with Crippen LogP contribution >= 0.6 is 0 Å². The highest BCUT2D eigenvalue weighted by Gasteiger charge is 2.35. The SMILES string of the molecule is COc1cc(CN2CC(C(=O)NC3CC3)CCC2c2ccccc2)cc(OC)c1. The quantitative estimate of drug-likeness (QED) is 0.773. The molecule has 0 spiro atoms. The van der Waals surface area contributed by atoms with Gasteiger partial charge in [-0.2, -0.15) is 0 Å². The fourth-order valence-corrected chi connectivity index (χ4v) is 4.22. The molecule has 5 nitrogen and oxygen atoms in total. The highest BCUT2D eigenvalue weighted by molar-refractivity contribution is 5.79. The van der Waals surface area contributed by atoms with Gasteiger partial charge in [0, 0.05) is 31.2 Å². The van der Waals surface area contributed by atoms with Crippen LogP contribution in [-0.4, -0.2) is 37.6 Å². The normalized spacial score (nSPS) is 22.1. The molecule has 2 aromatic carbocycles. The van der Waals surface area contributed by atoms with E-state index in [1.165, 1.54) is 5.56 Å². The summed E-state index contributed by atoms with van der Waals surface area (Å²) in [5.41, 5.74) is 2.44. The second-order valence-electron chi connectivity index (χ2n) is 8.13. The van der Waals surface area contributed by atoms with Crippen LogP contribution in [0.5, 0.6) is 11.5 Å². The molecule has 2 aromatic rings. The van der Waals surface area contributed by atoms with Crippen molar-refractivity contribution in [1.29, 1.82) is 0 Å². The van der Waals surface area contributed by atoms with E-state index < -0.39 is 0 Å². The van der Waals surface area contributed by atoms with Crippen LogP contribution in [0.3, 0.4) is 0 Å². The number of hydrogen-bond donors (Lipinski definition) is 1. The first-order valence-corrected chi connectivity index (χ1v) is 10.5. The van der Waals surface area contributed by atoms with Crippen molar-refractivity contribution in [2.24, 2.45) is 5.92 Å². The van der Waals surface area contributed by atoms with Gasteiger partial charge in [-0.05, 0) is 48.9 Å². The van der Waals surface area contributed by atoms with Crippen LogP contribution in [0.15, 0.2) is 48.5 Å². The molecule has 1 saturated carbocycles. The molecule has 0 aromatic heterocycles. The van der Waals surface area contributed by atoms with E-state index in [2.05, 4.69) is 52.7 Å². The number of ether oxygens (including phenoxy) is 2. The molecule has 154 valence electrons. The summed E-state index contributed by atoms with van der Waals surface area (Å²) in [5, 5.41) is 3.19. The number of carbonyl (C=O) groups excluding carboxylic acids is 1. The maximum absolute atomic E-state index is 12.7. The van der Waals surface area contributed by atoms with E-state index in [4.69, 9.17) is 9.47 Å². The van der Waals surface area contributed by atoms with Crippen LogP contribution in [0, 0.1) is 5.92 Å². The molecule has 2 aliphatic rings. The molecule has 5 heteroatoms. The molecule has 2 unspecified atom stereocenters. The zero-order valence-electron chi connectivity index (χ0n) is 17.3. The summed E-state index contributed by atoms with van der Waals surface area (Å²) in [5.74, 6) is 1.83. The number of nitrogens with zero attached hydrogens (tertiary/aromatic N) is 1. The number of rotatable bonds is 7. The van der Waals surface area contributed by atoms with Gasteiger partial charge in [-0.1, -0.05) is 30.3 Å². The van der Waals surface area contributed by atoms with Crippen LogP contribution in [-0.2, 0) is 11.3 Å². The third-order valence-electron chi connectivity index (χ3n) is 5.96. The fraction of sp³-hybridized carbons (Fsp3) is 0.458. The van der Waals surface area contributed by atoms with Gasteiger partial charge in [0.2, 0.25) is 5.91 Å². The maximum atomic E-state index is 12.7. The van der Waals surface area contributed by atoms with Crippen molar-refractivity contribution < 1.29 is 14.3 Å². The van der Waals surface area contributed by atoms with E-state index in [1.54, 1.807) is 14.2 Å². The number of methoxy groups -OCH3 is 2. The van der Waals surface area contributed by atoms with Crippen molar-refractivity contribution in [3.63, 3.8) is 0 Å². The predicted octanol–water partition coefficient (Wildman–Crippen LogP) is 3.94. The van der Waals surface area contributed by atoms with Gasteiger partial charge in [-0.3, -0.25) is 9.69 Å². The van der Waals surface area contributed by atoms with Crippen molar-refractivity contribution in [2.45, 2.75) is 44.3 Å². The van der Waals surface area contributed by atoms with Gasteiger partial charge < -0.3 is 14.8 Å². The number of likely N-dealkylation sites (tertiary alicyclic amines) is 1. The van der Waals surface area contributed by atoms with E-state index in [-0.39, 0.29) is 11.8 Å². The largest absolute Gasteiger partial charge is 0.497 e. The van der Waals surface area contributed by atoms with E-state index in [1.807, 2.05) is 6.07 Å². The topological polar surface area (TPSA) is 50.8 Å². The molecule has 1 aliphatic carbocycles. The summed E-state index contributed by atoms with van der Waals surface area (Å²) >= 11 is 0. The molecule has 2 fully saturated rings. The van der Waals surface area contributed by atoms with Gasteiger partial charge in [0.25, 0.3) is 0 Å². The van der Waals surface area contributed by atoms with E-state index in [0.717, 1.165) is 55.8 Å². The lowest BCUT2D eigenvalue weighted by Gasteiger charge is -2.39. The molecule has 0 bridgehead atoms. The fourth-order valence-electron chi connectivity index (χ4n) is 4.22. The smallest absolute Gasteiger partial charge is 0.224 e. The first-order valence-electron chi connectivity index (χ1n) is 10.5. The summed E-state index contributed by atoms with van der Waals surface area (Å²) in [6, 6.07) is 17.3. The first kappa shape index (κ1) is 19.8. The molecule has 1 amide bonds. The third-order valence-corrected chi connectivity index (χ3v) is 5.96. The van der Waals surface area contributed by atoms with E-state index >= 15 is 0 Å². The van der Waals surface area contributed by atoms with Crippen molar-refractivity contribution in [3.05, 3.63) is 59.7 Å². The van der Waals surface area contributed by atoms with Crippen molar-refractivity contribution in [2.75, 3.05) is 20.8 Å². The molecule has 29 heavy (non-hydrogen) atoms. The molecule has 1 heterocycles. The Hall–Kier alpha value is -2.53. The van der Waals surface area contributed by atoms with E-state index in [0.29, 0.717) is 12.1 Å². The van der Waals surface area contributed by atoms with Crippen molar-refractivity contribution in [3.8, 4) is 11.5 Å². The minimum absolute atomic E-state index is 0.0445. The third kappa shape index (κ3) is 4.91. The summed E-state index contributed by atoms with van der Waals surface area (Å²) in [6.45, 7) is 1.51. The molecule has 1 aliphatic heterocycles. The zero-order chi connectivity index (χ0) is 20.2. The summed E-state index contributed by atoms with van der Waals surface area (Å²) in [4.78, 5) is 15.1. The number of hydrogen-bond acceptors (Lipinski definition) is 4.